The first kappa shape index (κ1) is 10.3. The monoisotopic (exact) mass is 208 g/mol. The first-order chi connectivity index (χ1) is 7.31. The van der Waals surface area contributed by atoms with E-state index >= 15 is 0 Å². The minimum absolute atomic E-state index is 0.148. The van der Waals surface area contributed by atoms with Gasteiger partial charge in [0.1, 0.15) is 6.61 Å². The van der Waals surface area contributed by atoms with Crippen LogP contribution in [0.5, 0.6) is 0 Å². The third-order valence-corrected chi connectivity index (χ3v) is 3.26. The number of hydrogen-bond donors (Lipinski definition) is 0. The number of carbonyl (C=O) groups excluding carboxylic acids is 1. The van der Waals surface area contributed by atoms with Gasteiger partial charge in [0.15, 0.2) is 0 Å². The summed E-state index contributed by atoms with van der Waals surface area (Å²) in [6, 6.07) is 2.48. The van der Waals surface area contributed by atoms with E-state index in [1.165, 1.54) is 19.3 Å². The lowest BCUT2D eigenvalue weighted by atomic mass is 9.93. The second-order valence-corrected chi connectivity index (χ2v) is 4.35. The number of nitriles is 1. The summed E-state index contributed by atoms with van der Waals surface area (Å²) in [5.74, 6) is -0.148. The standard InChI is InChI=1S/C11H16N2O2/c12-6-9-7-13(11(14)15-8-9)10-4-2-1-3-5-10/h9-10H,1-5,7-8H2. The number of ether oxygens (including phenoxy) is 1. The summed E-state index contributed by atoms with van der Waals surface area (Å²) in [5.41, 5.74) is 0. The van der Waals surface area contributed by atoms with Gasteiger partial charge in [0, 0.05) is 12.6 Å². The van der Waals surface area contributed by atoms with Crippen LogP contribution in [-0.4, -0.2) is 30.2 Å². The fourth-order valence-electron chi connectivity index (χ4n) is 2.39. The molecule has 2 aliphatic rings. The Balaban J connectivity index is 1.98. The van der Waals surface area contributed by atoms with Crippen molar-refractivity contribution < 1.29 is 9.53 Å². The highest BCUT2D eigenvalue weighted by atomic mass is 16.6. The summed E-state index contributed by atoms with van der Waals surface area (Å²) in [6.45, 7) is 0.818. The van der Waals surface area contributed by atoms with Crippen LogP contribution in [0.1, 0.15) is 32.1 Å². The Labute approximate surface area is 89.8 Å². The predicted molar refractivity (Wildman–Crippen MR) is 54.0 cm³/mol. The zero-order valence-electron chi connectivity index (χ0n) is 8.82. The molecule has 0 radical (unpaired) electrons. The predicted octanol–water partition coefficient (Wildman–Crippen LogP) is 1.91. The molecule has 2 fully saturated rings. The molecule has 4 heteroatoms. The number of carbonyl (C=O) groups is 1. The van der Waals surface area contributed by atoms with Gasteiger partial charge in [0.2, 0.25) is 0 Å². The lowest BCUT2D eigenvalue weighted by Gasteiger charge is -2.37. The largest absolute Gasteiger partial charge is 0.448 e. The van der Waals surface area contributed by atoms with Crippen molar-refractivity contribution in [2.24, 2.45) is 5.92 Å². The van der Waals surface area contributed by atoms with Crippen molar-refractivity contribution in [3.05, 3.63) is 0 Å². The van der Waals surface area contributed by atoms with Gasteiger partial charge in [0.25, 0.3) is 0 Å². The van der Waals surface area contributed by atoms with Crippen LogP contribution in [0.2, 0.25) is 0 Å². The maximum absolute atomic E-state index is 11.5. The highest BCUT2D eigenvalue weighted by Crippen LogP contribution is 2.25. The molecule has 82 valence electrons. The fraction of sp³-hybridized carbons (Fsp3) is 0.818. The molecule has 0 bridgehead atoms. The van der Waals surface area contributed by atoms with Crippen LogP contribution in [0.4, 0.5) is 4.79 Å². The van der Waals surface area contributed by atoms with Crippen molar-refractivity contribution in [2.45, 2.75) is 38.1 Å². The van der Waals surface area contributed by atoms with E-state index in [1.54, 1.807) is 4.90 Å². The van der Waals surface area contributed by atoms with Gasteiger partial charge >= 0.3 is 6.09 Å². The van der Waals surface area contributed by atoms with Gasteiger partial charge in [-0.1, -0.05) is 19.3 Å². The topological polar surface area (TPSA) is 53.3 Å². The SMILES string of the molecule is N#CC1COC(=O)N(C2CCCCC2)C1. The molecule has 1 amide bonds. The molecule has 2 rings (SSSR count). The molecule has 0 aromatic rings. The molecule has 1 atom stereocenters. The lowest BCUT2D eigenvalue weighted by molar-refractivity contribution is 0.0316. The summed E-state index contributed by atoms with van der Waals surface area (Å²) < 4.78 is 5.01. The first-order valence-electron chi connectivity index (χ1n) is 5.64. The molecule has 15 heavy (non-hydrogen) atoms. The van der Waals surface area contributed by atoms with Gasteiger partial charge in [-0.3, -0.25) is 0 Å². The highest BCUT2D eigenvalue weighted by molar-refractivity contribution is 5.69. The molecule has 4 nitrogen and oxygen atoms in total. The lowest BCUT2D eigenvalue weighted by Crippen LogP contribution is -2.48. The quantitative estimate of drug-likeness (QED) is 0.661. The average molecular weight is 208 g/mol. The Morgan fingerprint density at radius 1 is 1.33 bits per heavy atom. The van der Waals surface area contributed by atoms with Gasteiger partial charge in [-0.15, -0.1) is 0 Å². The van der Waals surface area contributed by atoms with Crippen LogP contribution in [0.25, 0.3) is 0 Å². The summed E-state index contributed by atoms with van der Waals surface area (Å²) in [5, 5.41) is 8.83. The second kappa shape index (κ2) is 4.52. The van der Waals surface area contributed by atoms with Crippen molar-refractivity contribution in [2.75, 3.05) is 13.2 Å². The third-order valence-electron chi connectivity index (χ3n) is 3.26. The molecule has 1 saturated heterocycles. The molecule has 0 N–H and O–H groups in total. The third kappa shape index (κ3) is 2.23. The van der Waals surface area contributed by atoms with Crippen LogP contribution in [0.3, 0.4) is 0 Å². The van der Waals surface area contributed by atoms with E-state index in [4.69, 9.17) is 10.00 Å². The molecule has 1 heterocycles. The van der Waals surface area contributed by atoms with Gasteiger partial charge in [0.05, 0.1) is 12.0 Å². The number of amides is 1. The van der Waals surface area contributed by atoms with E-state index in [9.17, 15) is 4.79 Å². The Hall–Kier alpha value is -1.24. The van der Waals surface area contributed by atoms with E-state index in [1.807, 2.05) is 0 Å². The van der Waals surface area contributed by atoms with Crippen LogP contribution < -0.4 is 0 Å². The van der Waals surface area contributed by atoms with Gasteiger partial charge in [-0.05, 0) is 12.8 Å². The molecule has 1 aliphatic heterocycles. The molecular formula is C11H16N2O2. The molecule has 1 unspecified atom stereocenters. The number of hydrogen-bond acceptors (Lipinski definition) is 3. The summed E-state index contributed by atoms with van der Waals surface area (Å²) in [4.78, 5) is 13.3. The Morgan fingerprint density at radius 2 is 2.07 bits per heavy atom. The zero-order valence-corrected chi connectivity index (χ0v) is 8.82. The maximum atomic E-state index is 11.5. The van der Waals surface area contributed by atoms with Gasteiger partial charge in [-0.25, -0.2) is 4.79 Å². The normalized spacial score (nSPS) is 28.3. The van der Waals surface area contributed by atoms with E-state index in [0.717, 1.165) is 12.8 Å². The van der Waals surface area contributed by atoms with Crippen LogP contribution in [-0.2, 0) is 4.74 Å². The minimum atomic E-state index is -0.228. The van der Waals surface area contributed by atoms with Crippen molar-refractivity contribution in [3.63, 3.8) is 0 Å². The van der Waals surface area contributed by atoms with Gasteiger partial charge in [-0.2, -0.15) is 5.26 Å². The van der Waals surface area contributed by atoms with E-state index in [2.05, 4.69) is 6.07 Å². The van der Waals surface area contributed by atoms with Crippen molar-refractivity contribution in [1.29, 1.82) is 5.26 Å². The minimum Gasteiger partial charge on any atom is -0.448 e. The Morgan fingerprint density at radius 3 is 2.73 bits per heavy atom. The van der Waals surface area contributed by atoms with Crippen molar-refractivity contribution >= 4 is 6.09 Å². The maximum Gasteiger partial charge on any atom is 0.410 e. The molecule has 0 spiro atoms. The summed E-state index contributed by atoms with van der Waals surface area (Å²) >= 11 is 0. The summed E-state index contributed by atoms with van der Waals surface area (Å²) in [7, 11) is 0. The first-order valence-corrected chi connectivity index (χ1v) is 5.64. The number of rotatable bonds is 1. The molecule has 0 aromatic heterocycles. The van der Waals surface area contributed by atoms with Gasteiger partial charge < -0.3 is 9.64 Å². The molecule has 0 aromatic carbocycles. The number of cyclic esters (lactones) is 1. The van der Waals surface area contributed by atoms with E-state index < -0.39 is 0 Å². The van der Waals surface area contributed by atoms with Crippen molar-refractivity contribution in [1.82, 2.24) is 4.90 Å². The second-order valence-electron chi connectivity index (χ2n) is 4.35. The highest BCUT2D eigenvalue weighted by Gasteiger charge is 2.32. The zero-order chi connectivity index (χ0) is 10.7. The van der Waals surface area contributed by atoms with Crippen LogP contribution in [0.15, 0.2) is 0 Å². The van der Waals surface area contributed by atoms with E-state index in [-0.39, 0.29) is 18.6 Å². The van der Waals surface area contributed by atoms with E-state index in [0.29, 0.717) is 12.6 Å². The smallest absolute Gasteiger partial charge is 0.410 e. The number of nitrogens with zero attached hydrogens (tertiary/aromatic N) is 2. The summed E-state index contributed by atoms with van der Waals surface area (Å²) in [6.07, 6.45) is 5.53. The molecule has 1 saturated carbocycles. The molecular weight excluding hydrogens is 192 g/mol. The fourth-order valence-corrected chi connectivity index (χ4v) is 2.39. The average Bonchev–Trinajstić information content (AvgIpc) is 2.31. The van der Waals surface area contributed by atoms with Crippen LogP contribution in [0, 0.1) is 17.2 Å². The molecule has 1 aliphatic carbocycles. The van der Waals surface area contributed by atoms with Crippen molar-refractivity contribution in [3.8, 4) is 6.07 Å². The Kier molecular flexibility index (Phi) is 3.10. The van der Waals surface area contributed by atoms with Crippen LogP contribution >= 0.6 is 0 Å². The Bertz CT molecular complexity index is 279.